The molecule has 2 aromatic carbocycles. The van der Waals surface area contributed by atoms with Gasteiger partial charge in [0.1, 0.15) is 22.3 Å². The molecule has 152 valence electrons. The quantitative estimate of drug-likeness (QED) is 0.537. The third kappa shape index (κ3) is 4.23. The molecule has 6 heteroatoms. The number of nitrogens with zero attached hydrogens (tertiary/aromatic N) is 2. The molecule has 1 fully saturated rings. The fraction of sp³-hybridized carbons (Fsp3) is 0.348. The molecule has 0 bridgehead atoms. The molecule has 2 heterocycles. The van der Waals surface area contributed by atoms with E-state index in [0.717, 1.165) is 53.0 Å². The van der Waals surface area contributed by atoms with Gasteiger partial charge in [-0.2, -0.15) is 0 Å². The zero-order valence-electron chi connectivity index (χ0n) is 17.1. The summed E-state index contributed by atoms with van der Waals surface area (Å²) >= 11 is 1.68. The Morgan fingerprint density at radius 2 is 1.86 bits per heavy atom. The molecule has 1 aliphatic heterocycles. The first-order valence-corrected chi connectivity index (χ1v) is 10.6. The van der Waals surface area contributed by atoms with E-state index < -0.39 is 0 Å². The van der Waals surface area contributed by atoms with Gasteiger partial charge >= 0.3 is 0 Å². The molecule has 1 saturated heterocycles. The fourth-order valence-electron chi connectivity index (χ4n) is 3.94. The molecule has 0 amide bonds. The Morgan fingerprint density at radius 3 is 2.66 bits per heavy atom. The molecule has 1 unspecified atom stereocenters. The summed E-state index contributed by atoms with van der Waals surface area (Å²) in [6.45, 7) is 1.90. The molecule has 5 nitrogen and oxygen atoms in total. The molecule has 0 spiro atoms. The fourth-order valence-corrected chi connectivity index (χ4v) is 4.75. The van der Waals surface area contributed by atoms with Gasteiger partial charge in [0, 0.05) is 35.2 Å². The molecule has 1 atom stereocenters. The van der Waals surface area contributed by atoms with Crippen LogP contribution in [0, 0.1) is 0 Å². The summed E-state index contributed by atoms with van der Waals surface area (Å²) in [5.74, 6) is 2.56. The molecule has 0 aliphatic carbocycles. The Kier molecular flexibility index (Phi) is 6.02. The zero-order chi connectivity index (χ0) is 20.2. The topological polar surface area (TPSA) is 43.8 Å². The van der Waals surface area contributed by atoms with Gasteiger partial charge in [-0.05, 0) is 37.6 Å². The van der Waals surface area contributed by atoms with Crippen LogP contribution in [0.4, 0.5) is 0 Å². The number of rotatable bonds is 7. The minimum absolute atomic E-state index is 0.331. The predicted octanol–water partition coefficient (Wildman–Crippen LogP) is 5.17. The zero-order valence-corrected chi connectivity index (χ0v) is 17.9. The van der Waals surface area contributed by atoms with Crippen molar-refractivity contribution in [1.82, 2.24) is 9.88 Å². The Labute approximate surface area is 175 Å². The largest absolute Gasteiger partial charge is 0.497 e. The summed E-state index contributed by atoms with van der Waals surface area (Å²) in [6.07, 6.45) is 2.29. The van der Waals surface area contributed by atoms with Crippen LogP contribution in [-0.2, 0) is 6.54 Å². The number of ether oxygens (including phenoxy) is 3. The van der Waals surface area contributed by atoms with E-state index in [-0.39, 0.29) is 0 Å². The van der Waals surface area contributed by atoms with Crippen LogP contribution >= 0.6 is 11.3 Å². The number of hydrogen-bond donors (Lipinski definition) is 0. The number of likely N-dealkylation sites (tertiary alicyclic amines) is 1. The molecular formula is C23H26N2O3S. The van der Waals surface area contributed by atoms with Crippen molar-refractivity contribution in [1.29, 1.82) is 0 Å². The van der Waals surface area contributed by atoms with E-state index in [1.807, 2.05) is 30.3 Å². The van der Waals surface area contributed by atoms with Gasteiger partial charge in [-0.15, -0.1) is 11.3 Å². The van der Waals surface area contributed by atoms with Crippen molar-refractivity contribution in [3.8, 4) is 27.8 Å². The predicted molar refractivity (Wildman–Crippen MR) is 116 cm³/mol. The SMILES string of the molecule is COc1cccc(-c2nc(CN3CCCC3c3ccc(OC)cc3OC)cs2)c1. The number of benzene rings is 2. The Hall–Kier alpha value is -2.57. The van der Waals surface area contributed by atoms with Crippen LogP contribution in [-0.4, -0.2) is 37.8 Å². The van der Waals surface area contributed by atoms with E-state index in [1.165, 1.54) is 12.0 Å². The highest BCUT2D eigenvalue weighted by atomic mass is 32.1. The monoisotopic (exact) mass is 410 g/mol. The Morgan fingerprint density at radius 1 is 1.03 bits per heavy atom. The van der Waals surface area contributed by atoms with Gasteiger partial charge in [0.15, 0.2) is 0 Å². The molecule has 3 aromatic rings. The van der Waals surface area contributed by atoms with Crippen LogP contribution < -0.4 is 14.2 Å². The second kappa shape index (κ2) is 8.84. The molecule has 0 radical (unpaired) electrons. The number of thiazole rings is 1. The van der Waals surface area contributed by atoms with E-state index >= 15 is 0 Å². The van der Waals surface area contributed by atoms with E-state index in [2.05, 4.69) is 22.4 Å². The molecule has 29 heavy (non-hydrogen) atoms. The first kappa shape index (κ1) is 19.7. The van der Waals surface area contributed by atoms with Gasteiger partial charge in [-0.1, -0.05) is 18.2 Å². The van der Waals surface area contributed by atoms with Crippen LogP contribution in [0.3, 0.4) is 0 Å². The van der Waals surface area contributed by atoms with Crippen molar-refractivity contribution >= 4 is 11.3 Å². The number of aromatic nitrogens is 1. The van der Waals surface area contributed by atoms with Crippen LogP contribution in [0.15, 0.2) is 47.8 Å². The molecular weight excluding hydrogens is 384 g/mol. The molecule has 1 aliphatic rings. The van der Waals surface area contributed by atoms with E-state index in [9.17, 15) is 0 Å². The molecule has 0 N–H and O–H groups in total. The van der Waals surface area contributed by atoms with Gasteiger partial charge in [0.25, 0.3) is 0 Å². The summed E-state index contributed by atoms with van der Waals surface area (Å²) in [4.78, 5) is 7.38. The van der Waals surface area contributed by atoms with Crippen LogP contribution in [0.2, 0.25) is 0 Å². The van der Waals surface area contributed by atoms with Crippen LogP contribution in [0.1, 0.15) is 30.1 Å². The van der Waals surface area contributed by atoms with Gasteiger partial charge in [-0.25, -0.2) is 4.98 Å². The minimum Gasteiger partial charge on any atom is -0.497 e. The van der Waals surface area contributed by atoms with Gasteiger partial charge in [0.2, 0.25) is 0 Å². The summed E-state index contributed by atoms with van der Waals surface area (Å²) in [6, 6.07) is 14.5. The van der Waals surface area contributed by atoms with E-state index in [4.69, 9.17) is 19.2 Å². The maximum atomic E-state index is 5.65. The van der Waals surface area contributed by atoms with Crippen molar-refractivity contribution < 1.29 is 14.2 Å². The minimum atomic E-state index is 0.331. The van der Waals surface area contributed by atoms with Gasteiger partial charge < -0.3 is 14.2 Å². The van der Waals surface area contributed by atoms with Crippen molar-refractivity contribution in [2.75, 3.05) is 27.9 Å². The second-order valence-electron chi connectivity index (χ2n) is 7.11. The number of methoxy groups -OCH3 is 3. The smallest absolute Gasteiger partial charge is 0.127 e. The average molecular weight is 411 g/mol. The van der Waals surface area contributed by atoms with Crippen LogP contribution in [0.25, 0.3) is 10.6 Å². The summed E-state index contributed by atoms with van der Waals surface area (Å²) in [5.41, 5.74) is 3.41. The summed E-state index contributed by atoms with van der Waals surface area (Å²) in [7, 11) is 5.09. The second-order valence-corrected chi connectivity index (χ2v) is 7.97. The standard InChI is InChI=1S/C23H26N2O3S/c1-26-18-7-4-6-16(12-18)23-24-17(15-29-23)14-25-11-5-8-21(25)20-10-9-19(27-2)13-22(20)28-3/h4,6-7,9-10,12-13,15,21H,5,8,11,14H2,1-3H3. The molecule has 0 saturated carbocycles. The Bertz CT molecular complexity index is 972. The highest BCUT2D eigenvalue weighted by Crippen LogP contribution is 2.39. The van der Waals surface area contributed by atoms with E-state index in [0.29, 0.717) is 6.04 Å². The third-order valence-electron chi connectivity index (χ3n) is 5.40. The summed E-state index contributed by atoms with van der Waals surface area (Å²) in [5, 5.41) is 3.19. The van der Waals surface area contributed by atoms with Crippen molar-refractivity contribution in [3.05, 3.63) is 59.1 Å². The molecule has 1 aromatic heterocycles. The third-order valence-corrected chi connectivity index (χ3v) is 6.34. The lowest BCUT2D eigenvalue weighted by molar-refractivity contribution is 0.240. The lowest BCUT2D eigenvalue weighted by Crippen LogP contribution is -2.23. The normalized spacial score (nSPS) is 16.7. The first-order valence-electron chi connectivity index (χ1n) is 9.76. The van der Waals surface area contributed by atoms with Crippen molar-refractivity contribution in [2.45, 2.75) is 25.4 Å². The Balaban J connectivity index is 1.53. The lowest BCUT2D eigenvalue weighted by atomic mass is 10.0. The van der Waals surface area contributed by atoms with Crippen LogP contribution in [0.5, 0.6) is 17.2 Å². The van der Waals surface area contributed by atoms with Crippen molar-refractivity contribution in [2.24, 2.45) is 0 Å². The number of hydrogen-bond acceptors (Lipinski definition) is 6. The van der Waals surface area contributed by atoms with Crippen molar-refractivity contribution in [3.63, 3.8) is 0 Å². The summed E-state index contributed by atoms with van der Waals surface area (Å²) < 4.78 is 16.3. The average Bonchev–Trinajstić information content (AvgIpc) is 3.43. The maximum Gasteiger partial charge on any atom is 0.127 e. The van der Waals surface area contributed by atoms with Gasteiger partial charge in [0.05, 0.1) is 27.0 Å². The maximum absolute atomic E-state index is 5.65. The lowest BCUT2D eigenvalue weighted by Gasteiger charge is -2.25. The first-order chi connectivity index (χ1) is 14.2. The van der Waals surface area contributed by atoms with Gasteiger partial charge in [-0.3, -0.25) is 4.90 Å². The highest BCUT2D eigenvalue weighted by molar-refractivity contribution is 7.13. The van der Waals surface area contributed by atoms with E-state index in [1.54, 1.807) is 32.7 Å². The molecule has 4 rings (SSSR count). The highest BCUT2D eigenvalue weighted by Gasteiger charge is 2.29.